The maximum atomic E-state index is 13.5. The molecule has 2 aromatic heterocycles. The fourth-order valence-electron chi connectivity index (χ4n) is 1.69. The summed E-state index contributed by atoms with van der Waals surface area (Å²) in [4.78, 5) is 8.20. The fourth-order valence-corrected chi connectivity index (χ4v) is 1.69. The minimum atomic E-state index is -0.629. The van der Waals surface area contributed by atoms with E-state index in [4.69, 9.17) is 11.5 Å². The van der Waals surface area contributed by atoms with Gasteiger partial charge in [-0.3, -0.25) is 4.98 Å². The summed E-state index contributed by atoms with van der Waals surface area (Å²) < 4.78 is 13.5. The molecule has 0 saturated heterocycles. The van der Waals surface area contributed by atoms with Gasteiger partial charge in [0.1, 0.15) is 5.82 Å². The lowest BCUT2D eigenvalue weighted by atomic mass is 10.2. The number of nitrogens with zero attached hydrogens (tertiary/aromatic N) is 2. The van der Waals surface area contributed by atoms with E-state index >= 15 is 0 Å². The van der Waals surface area contributed by atoms with Crippen molar-refractivity contribution in [2.24, 2.45) is 5.73 Å². The van der Waals surface area contributed by atoms with Crippen LogP contribution in [0.2, 0.25) is 0 Å². The van der Waals surface area contributed by atoms with Crippen molar-refractivity contribution >= 4 is 23.0 Å². The van der Waals surface area contributed by atoms with Crippen LogP contribution in [0.25, 0.3) is 5.70 Å². The van der Waals surface area contributed by atoms with E-state index in [1.54, 1.807) is 6.20 Å². The number of rotatable bonds is 3. The van der Waals surface area contributed by atoms with Gasteiger partial charge in [-0.2, -0.15) is 0 Å². The second kappa shape index (κ2) is 5.16. The molecular weight excluding hydrogens is 257 g/mol. The average molecular weight is 273 g/mol. The number of anilines is 3. The van der Waals surface area contributed by atoms with Gasteiger partial charge in [0.2, 0.25) is 0 Å². The summed E-state index contributed by atoms with van der Waals surface area (Å²) in [6.45, 7) is 7.47. The lowest BCUT2D eigenvalue weighted by Crippen LogP contribution is -2.07. The van der Waals surface area contributed by atoms with E-state index in [2.05, 4.69) is 21.9 Å². The van der Waals surface area contributed by atoms with Gasteiger partial charge in [-0.05, 0) is 31.5 Å². The molecule has 2 rings (SSSR count). The Hall–Kier alpha value is -2.63. The molecule has 0 atom stereocenters. The summed E-state index contributed by atoms with van der Waals surface area (Å²) in [6, 6.07) is 3.12. The van der Waals surface area contributed by atoms with Gasteiger partial charge in [-0.15, -0.1) is 0 Å². The predicted octanol–water partition coefficient (Wildman–Crippen LogP) is 2.49. The van der Waals surface area contributed by atoms with Crippen molar-refractivity contribution in [2.45, 2.75) is 13.8 Å². The van der Waals surface area contributed by atoms with Crippen LogP contribution in [-0.4, -0.2) is 9.97 Å². The van der Waals surface area contributed by atoms with E-state index < -0.39 is 5.82 Å². The number of pyridine rings is 2. The zero-order valence-corrected chi connectivity index (χ0v) is 11.4. The molecule has 0 spiro atoms. The Morgan fingerprint density at radius 3 is 2.65 bits per heavy atom. The summed E-state index contributed by atoms with van der Waals surface area (Å²) >= 11 is 0. The van der Waals surface area contributed by atoms with Gasteiger partial charge in [-0.25, -0.2) is 9.37 Å². The van der Waals surface area contributed by atoms with Crippen molar-refractivity contribution in [2.75, 3.05) is 11.1 Å². The van der Waals surface area contributed by atoms with Gasteiger partial charge in [0.15, 0.2) is 11.6 Å². The number of aryl methyl sites for hydroxylation is 2. The minimum Gasteiger partial charge on any atom is -0.399 e. The molecule has 20 heavy (non-hydrogen) atoms. The smallest absolute Gasteiger partial charge is 0.166 e. The van der Waals surface area contributed by atoms with Crippen LogP contribution in [0, 0.1) is 19.7 Å². The van der Waals surface area contributed by atoms with Crippen LogP contribution in [0.5, 0.6) is 0 Å². The fraction of sp³-hybridized carbons (Fsp3) is 0.143. The standard InChI is InChI=1S/C14H16FN5/c1-7-4-10(6-18-9(7)3)19-14-11(8(2)16)5-12(15)13(17)20-14/h4-6H,2,16H2,1,3H3,(H3,17,19,20). The number of aromatic nitrogens is 2. The number of nitrogens with one attached hydrogen (secondary N) is 1. The highest BCUT2D eigenvalue weighted by molar-refractivity contribution is 5.75. The Morgan fingerprint density at radius 1 is 1.35 bits per heavy atom. The Morgan fingerprint density at radius 2 is 2.05 bits per heavy atom. The number of nitrogen functional groups attached to an aromatic ring is 1. The van der Waals surface area contributed by atoms with Crippen LogP contribution in [0.15, 0.2) is 24.9 Å². The highest BCUT2D eigenvalue weighted by atomic mass is 19.1. The Labute approximate surface area is 116 Å². The van der Waals surface area contributed by atoms with Crippen LogP contribution in [0.3, 0.4) is 0 Å². The molecule has 5 N–H and O–H groups in total. The largest absolute Gasteiger partial charge is 0.399 e. The second-order valence-corrected chi connectivity index (χ2v) is 4.53. The van der Waals surface area contributed by atoms with Crippen LogP contribution in [-0.2, 0) is 0 Å². The summed E-state index contributed by atoms with van der Waals surface area (Å²) in [7, 11) is 0. The molecule has 0 amide bonds. The van der Waals surface area contributed by atoms with Crippen LogP contribution in [0.4, 0.5) is 21.7 Å². The summed E-state index contributed by atoms with van der Waals surface area (Å²) in [5.41, 5.74) is 14.4. The number of nitrogens with two attached hydrogens (primary N) is 2. The molecule has 6 heteroatoms. The summed E-state index contributed by atoms with van der Waals surface area (Å²) in [5, 5.41) is 3.03. The van der Waals surface area contributed by atoms with Gasteiger partial charge in [0.05, 0.1) is 11.9 Å². The highest BCUT2D eigenvalue weighted by Gasteiger charge is 2.11. The molecule has 0 fully saturated rings. The molecule has 0 unspecified atom stereocenters. The third-order valence-corrected chi connectivity index (χ3v) is 2.95. The Balaban J connectivity index is 2.44. The van der Waals surface area contributed by atoms with Crippen molar-refractivity contribution in [3.8, 4) is 0 Å². The molecule has 0 aliphatic carbocycles. The van der Waals surface area contributed by atoms with E-state index in [9.17, 15) is 4.39 Å². The normalized spacial score (nSPS) is 10.3. The monoisotopic (exact) mass is 273 g/mol. The molecule has 0 aromatic carbocycles. The first-order chi connectivity index (χ1) is 9.38. The van der Waals surface area contributed by atoms with Crippen molar-refractivity contribution in [3.63, 3.8) is 0 Å². The SMILES string of the molecule is C=C(N)c1cc(F)c(N)nc1Nc1cnc(C)c(C)c1. The molecule has 0 aliphatic rings. The van der Waals surface area contributed by atoms with Crippen molar-refractivity contribution < 1.29 is 4.39 Å². The molecule has 2 heterocycles. The topological polar surface area (TPSA) is 89.9 Å². The van der Waals surface area contributed by atoms with Crippen molar-refractivity contribution in [1.29, 1.82) is 0 Å². The first-order valence-electron chi connectivity index (χ1n) is 5.99. The first kappa shape index (κ1) is 13.8. The van der Waals surface area contributed by atoms with E-state index in [-0.39, 0.29) is 11.5 Å². The molecular formula is C14H16FN5. The van der Waals surface area contributed by atoms with E-state index in [1.807, 2.05) is 19.9 Å². The van der Waals surface area contributed by atoms with Crippen LogP contribution >= 0.6 is 0 Å². The van der Waals surface area contributed by atoms with Gasteiger partial charge in [-0.1, -0.05) is 6.58 Å². The maximum Gasteiger partial charge on any atom is 0.166 e. The van der Waals surface area contributed by atoms with Crippen LogP contribution < -0.4 is 16.8 Å². The van der Waals surface area contributed by atoms with Gasteiger partial charge >= 0.3 is 0 Å². The molecule has 0 radical (unpaired) electrons. The quantitative estimate of drug-likeness (QED) is 0.799. The van der Waals surface area contributed by atoms with Crippen molar-refractivity contribution in [3.05, 3.63) is 47.5 Å². The van der Waals surface area contributed by atoms with E-state index in [0.29, 0.717) is 17.1 Å². The second-order valence-electron chi connectivity index (χ2n) is 4.53. The van der Waals surface area contributed by atoms with Crippen LogP contribution in [0.1, 0.15) is 16.8 Å². The molecule has 0 aliphatic heterocycles. The van der Waals surface area contributed by atoms with E-state index in [0.717, 1.165) is 11.3 Å². The van der Waals surface area contributed by atoms with E-state index in [1.165, 1.54) is 6.07 Å². The Kier molecular flexibility index (Phi) is 3.56. The minimum absolute atomic E-state index is 0.200. The number of halogens is 1. The number of hydrogen-bond donors (Lipinski definition) is 3. The molecule has 104 valence electrons. The lowest BCUT2D eigenvalue weighted by molar-refractivity contribution is 0.627. The summed E-state index contributed by atoms with van der Waals surface area (Å²) in [6.07, 6.45) is 1.66. The Bertz CT molecular complexity index is 682. The highest BCUT2D eigenvalue weighted by Crippen LogP contribution is 2.25. The zero-order chi connectivity index (χ0) is 14.9. The third-order valence-electron chi connectivity index (χ3n) is 2.95. The molecule has 2 aromatic rings. The maximum absolute atomic E-state index is 13.5. The molecule has 0 bridgehead atoms. The van der Waals surface area contributed by atoms with Crippen molar-refractivity contribution in [1.82, 2.24) is 9.97 Å². The summed E-state index contributed by atoms with van der Waals surface area (Å²) in [5.74, 6) is -0.480. The van der Waals surface area contributed by atoms with Gasteiger partial charge in [0.25, 0.3) is 0 Å². The molecule has 5 nitrogen and oxygen atoms in total. The lowest BCUT2D eigenvalue weighted by Gasteiger charge is -2.13. The molecule has 0 saturated carbocycles. The number of hydrogen-bond acceptors (Lipinski definition) is 5. The third kappa shape index (κ3) is 2.69. The average Bonchev–Trinajstić information content (AvgIpc) is 2.37. The zero-order valence-electron chi connectivity index (χ0n) is 11.4. The first-order valence-corrected chi connectivity index (χ1v) is 5.99. The van der Waals surface area contributed by atoms with Gasteiger partial charge < -0.3 is 16.8 Å². The van der Waals surface area contributed by atoms with Gasteiger partial charge in [0, 0.05) is 17.0 Å². The predicted molar refractivity (Wildman–Crippen MR) is 78.8 cm³/mol.